The molecular formula is C17H10N2O2S3. The third-order valence-corrected chi connectivity index (χ3v) is 6.62. The maximum Gasteiger partial charge on any atom is 0.269 e. The third kappa shape index (κ3) is 2.89. The van der Waals surface area contributed by atoms with Gasteiger partial charge in [0, 0.05) is 32.8 Å². The Labute approximate surface area is 149 Å². The van der Waals surface area contributed by atoms with Crippen LogP contribution in [0.25, 0.3) is 30.9 Å². The zero-order chi connectivity index (χ0) is 16.5. The number of nitrogens with zero attached hydrogens (tertiary/aromatic N) is 2. The highest BCUT2D eigenvalue weighted by Crippen LogP contribution is 2.38. The van der Waals surface area contributed by atoms with Crippen molar-refractivity contribution in [2.75, 3.05) is 0 Å². The SMILES string of the molecule is O=[N+]([O-])c1ccc(-c2csc(-c3ccc(-c4cccs4)s3)n2)cc1. The lowest BCUT2D eigenvalue weighted by Gasteiger charge is -1.96. The Hall–Kier alpha value is -2.35. The van der Waals surface area contributed by atoms with E-state index in [0.717, 1.165) is 21.1 Å². The topological polar surface area (TPSA) is 56.0 Å². The molecule has 24 heavy (non-hydrogen) atoms. The first-order valence-electron chi connectivity index (χ1n) is 7.05. The predicted octanol–water partition coefficient (Wildman–Crippen LogP) is 6.18. The van der Waals surface area contributed by atoms with Gasteiger partial charge in [-0.3, -0.25) is 10.1 Å². The Kier molecular flexibility index (Phi) is 3.97. The van der Waals surface area contributed by atoms with Gasteiger partial charge in [-0.1, -0.05) is 6.07 Å². The zero-order valence-electron chi connectivity index (χ0n) is 12.2. The van der Waals surface area contributed by atoms with Gasteiger partial charge in [0.05, 0.1) is 15.5 Å². The molecule has 3 aromatic heterocycles. The lowest BCUT2D eigenvalue weighted by molar-refractivity contribution is -0.384. The third-order valence-electron chi connectivity index (χ3n) is 3.46. The Bertz CT molecular complexity index is 985. The van der Waals surface area contributed by atoms with E-state index in [-0.39, 0.29) is 5.69 Å². The quantitative estimate of drug-likeness (QED) is 0.318. The van der Waals surface area contributed by atoms with Crippen LogP contribution in [0.15, 0.2) is 59.3 Å². The van der Waals surface area contributed by atoms with Gasteiger partial charge in [0.2, 0.25) is 0 Å². The molecule has 4 aromatic rings. The molecule has 4 nitrogen and oxygen atoms in total. The number of rotatable bonds is 4. The second-order valence-corrected chi connectivity index (χ2v) is 7.87. The van der Waals surface area contributed by atoms with Gasteiger partial charge in [-0.05, 0) is 35.7 Å². The summed E-state index contributed by atoms with van der Waals surface area (Å²) in [6.45, 7) is 0. The summed E-state index contributed by atoms with van der Waals surface area (Å²) < 4.78 is 0. The van der Waals surface area contributed by atoms with Crippen molar-refractivity contribution in [3.05, 3.63) is 69.4 Å². The minimum Gasteiger partial charge on any atom is -0.258 e. The van der Waals surface area contributed by atoms with Gasteiger partial charge in [-0.2, -0.15) is 0 Å². The molecule has 0 atom stereocenters. The molecule has 0 spiro atoms. The molecule has 0 aliphatic carbocycles. The Balaban J connectivity index is 1.62. The molecule has 0 fully saturated rings. The summed E-state index contributed by atoms with van der Waals surface area (Å²) in [4.78, 5) is 18.7. The summed E-state index contributed by atoms with van der Waals surface area (Å²) in [6, 6.07) is 14.9. The average Bonchev–Trinajstić information content (AvgIpc) is 3.33. The summed E-state index contributed by atoms with van der Waals surface area (Å²) in [5.41, 5.74) is 1.82. The van der Waals surface area contributed by atoms with E-state index >= 15 is 0 Å². The highest BCUT2D eigenvalue weighted by atomic mass is 32.1. The van der Waals surface area contributed by atoms with Crippen LogP contribution < -0.4 is 0 Å². The standard InChI is InChI=1S/C17H10N2O2S3/c20-19(21)12-5-3-11(4-6-12)13-10-23-17(18-13)16-8-7-15(24-16)14-2-1-9-22-14/h1-10H. The van der Waals surface area contributed by atoms with Crippen LogP contribution in [-0.4, -0.2) is 9.91 Å². The minimum absolute atomic E-state index is 0.0908. The molecule has 1 aromatic carbocycles. The van der Waals surface area contributed by atoms with Crippen molar-refractivity contribution in [1.82, 2.24) is 4.98 Å². The van der Waals surface area contributed by atoms with Crippen molar-refractivity contribution in [1.29, 1.82) is 0 Å². The molecule has 0 bridgehead atoms. The monoisotopic (exact) mass is 370 g/mol. The van der Waals surface area contributed by atoms with Crippen molar-refractivity contribution in [2.45, 2.75) is 0 Å². The van der Waals surface area contributed by atoms with Crippen LogP contribution in [0.2, 0.25) is 0 Å². The second kappa shape index (κ2) is 6.27. The first-order valence-corrected chi connectivity index (χ1v) is 9.63. The van der Waals surface area contributed by atoms with E-state index in [0.29, 0.717) is 0 Å². The van der Waals surface area contributed by atoms with Gasteiger partial charge in [0.25, 0.3) is 5.69 Å². The van der Waals surface area contributed by atoms with Crippen molar-refractivity contribution in [3.63, 3.8) is 0 Å². The van der Waals surface area contributed by atoms with Crippen LogP contribution in [0.4, 0.5) is 5.69 Å². The van der Waals surface area contributed by atoms with Gasteiger partial charge in [-0.15, -0.1) is 34.0 Å². The van der Waals surface area contributed by atoms with E-state index in [1.165, 1.54) is 21.9 Å². The van der Waals surface area contributed by atoms with Crippen LogP contribution in [0.5, 0.6) is 0 Å². The van der Waals surface area contributed by atoms with Gasteiger partial charge >= 0.3 is 0 Å². The molecule has 0 aliphatic rings. The van der Waals surface area contributed by atoms with Crippen molar-refractivity contribution in [2.24, 2.45) is 0 Å². The molecule has 0 saturated heterocycles. The number of aromatic nitrogens is 1. The first kappa shape index (κ1) is 15.2. The summed E-state index contributed by atoms with van der Waals surface area (Å²) in [6.07, 6.45) is 0. The van der Waals surface area contributed by atoms with Crippen LogP contribution in [-0.2, 0) is 0 Å². The first-order chi connectivity index (χ1) is 11.7. The fourth-order valence-corrected chi connectivity index (χ4v) is 5.02. The van der Waals surface area contributed by atoms with Gasteiger partial charge in [-0.25, -0.2) is 4.98 Å². The molecule has 0 saturated carbocycles. The Morgan fingerprint density at radius 1 is 0.917 bits per heavy atom. The van der Waals surface area contributed by atoms with Crippen LogP contribution in [0, 0.1) is 10.1 Å². The van der Waals surface area contributed by atoms with Crippen molar-refractivity contribution >= 4 is 39.7 Å². The number of nitro benzene ring substituents is 1. The largest absolute Gasteiger partial charge is 0.269 e. The summed E-state index contributed by atoms with van der Waals surface area (Å²) in [7, 11) is 0. The zero-order valence-corrected chi connectivity index (χ0v) is 14.7. The van der Waals surface area contributed by atoms with E-state index in [1.54, 1.807) is 46.1 Å². The van der Waals surface area contributed by atoms with Crippen LogP contribution >= 0.6 is 34.0 Å². The smallest absolute Gasteiger partial charge is 0.258 e. The molecular weight excluding hydrogens is 360 g/mol. The highest BCUT2D eigenvalue weighted by molar-refractivity contribution is 7.25. The number of non-ortho nitro benzene ring substituents is 1. The molecule has 0 radical (unpaired) electrons. The minimum atomic E-state index is -0.395. The van der Waals surface area contributed by atoms with Crippen molar-refractivity contribution < 1.29 is 4.92 Å². The number of thiophene rings is 2. The summed E-state index contributed by atoms with van der Waals surface area (Å²) in [5.74, 6) is 0. The lowest BCUT2D eigenvalue weighted by Crippen LogP contribution is -1.87. The van der Waals surface area contributed by atoms with E-state index < -0.39 is 4.92 Å². The number of thiazole rings is 1. The van der Waals surface area contributed by atoms with Crippen molar-refractivity contribution in [3.8, 4) is 30.9 Å². The van der Waals surface area contributed by atoms with Crippen LogP contribution in [0.1, 0.15) is 0 Å². The van der Waals surface area contributed by atoms with E-state index in [9.17, 15) is 10.1 Å². The predicted molar refractivity (Wildman–Crippen MR) is 101 cm³/mol. The number of benzene rings is 1. The maximum atomic E-state index is 10.7. The molecule has 0 unspecified atom stereocenters. The Morgan fingerprint density at radius 3 is 2.42 bits per heavy atom. The molecule has 4 rings (SSSR count). The molecule has 3 heterocycles. The van der Waals surface area contributed by atoms with E-state index in [4.69, 9.17) is 0 Å². The number of hydrogen-bond donors (Lipinski definition) is 0. The lowest BCUT2D eigenvalue weighted by atomic mass is 10.1. The summed E-state index contributed by atoms with van der Waals surface area (Å²) >= 11 is 5.04. The van der Waals surface area contributed by atoms with E-state index in [2.05, 4.69) is 34.6 Å². The fourth-order valence-electron chi connectivity index (χ4n) is 2.28. The number of nitro groups is 1. The molecule has 118 valence electrons. The normalized spacial score (nSPS) is 10.8. The van der Waals surface area contributed by atoms with E-state index in [1.807, 2.05) is 5.38 Å². The molecule has 0 aliphatic heterocycles. The fraction of sp³-hybridized carbons (Fsp3) is 0. The second-order valence-electron chi connectivity index (χ2n) is 4.98. The van der Waals surface area contributed by atoms with Gasteiger partial charge < -0.3 is 0 Å². The molecule has 0 N–H and O–H groups in total. The van der Waals surface area contributed by atoms with Gasteiger partial charge in [0.15, 0.2) is 0 Å². The van der Waals surface area contributed by atoms with Gasteiger partial charge in [0.1, 0.15) is 5.01 Å². The molecule has 7 heteroatoms. The maximum absolute atomic E-state index is 10.7. The number of hydrogen-bond acceptors (Lipinski definition) is 6. The average molecular weight is 370 g/mol. The summed E-state index contributed by atoms with van der Waals surface area (Å²) in [5, 5.41) is 15.8. The molecule has 0 amide bonds. The highest BCUT2D eigenvalue weighted by Gasteiger charge is 2.11. The Morgan fingerprint density at radius 2 is 1.71 bits per heavy atom. The van der Waals surface area contributed by atoms with Crippen LogP contribution in [0.3, 0.4) is 0 Å².